The fourth-order valence-corrected chi connectivity index (χ4v) is 2.33. The van der Waals surface area contributed by atoms with Crippen LogP contribution in [0, 0.1) is 0 Å². The number of anilines is 3. The average Bonchev–Trinajstić information content (AvgIpc) is 2.44. The Morgan fingerprint density at radius 1 is 1.05 bits per heavy atom. The van der Waals surface area contributed by atoms with Gasteiger partial charge in [-0.05, 0) is 18.2 Å². The zero-order valence-electron chi connectivity index (χ0n) is 11.0. The monoisotopic (exact) mass is 356 g/mol. The first-order chi connectivity index (χ1) is 9.55. The zero-order valence-corrected chi connectivity index (χ0v) is 13.4. The Kier molecular flexibility index (Phi) is 4.62. The molecule has 2 aromatic carbocycles. The number of hydrogen-bond acceptors (Lipinski definition) is 4. The van der Waals surface area contributed by atoms with E-state index < -0.39 is 0 Å². The second-order valence-electron chi connectivity index (χ2n) is 4.04. The Morgan fingerprint density at radius 3 is 2.40 bits per heavy atom. The molecule has 0 radical (unpaired) electrons. The molecular weight excluding hydrogens is 344 g/mol. The van der Waals surface area contributed by atoms with Crippen molar-refractivity contribution in [2.75, 3.05) is 25.3 Å². The van der Waals surface area contributed by atoms with Crippen LogP contribution in [0.15, 0.2) is 34.8 Å². The molecule has 0 saturated carbocycles. The molecule has 0 aliphatic rings. The number of ether oxygens (including phenoxy) is 2. The van der Waals surface area contributed by atoms with Gasteiger partial charge in [0.1, 0.15) is 11.5 Å². The van der Waals surface area contributed by atoms with Crippen molar-refractivity contribution in [2.24, 2.45) is 0 Å². The second-order valence-corrected chi connectivity index (χ2v) is 5.37. The maximum absolute atomic E-state index is 6.07. The van der Waals surface area contributed by atoms with Crippen LogP contribution < -0.4 is 20.5 Å². The second kappa shape index (κ2) is 6.24. The van der Waals surface area contributed by atoms with Crippen LogP contribution >= 0.6 is 27.5 Å². The van der Waals surface area contributed by atoms with Gasteiger partial charge < -0.3 is 20.5 Å². The summed E-state index contributed by atoms with van der Waals surface area (Å²) in [7, 11) is 3.14. The highest BCUT2D eigenvalue weighted by atomic mass is 79.9. The Morgan fingerprint density at radius 2 is 1.75 bits per heavy atom. The first-order valence-corrected chi connectivity index (χ1v) is 6.96. The first kappa shape index (κ1) is 14.8. The van der Waals surface area contributed by atoms with E-state index in [9.17, 15) is 0 Å². The summed E-state index contributed by atoms with van der Waals surface area (Å²) in [5.74, 6) is 1.17. The van der Waals surface area contributed by atoms with E-state index in [2.05, 4.69) is 21.2 Å². The van der Waals surface area contributed by atoms with E-state index >= 15 is 0 Å². The number of benzene rings is 2. The van der Waals surface area contributed by atoms with Crippen LogP contribution in [0.4, 0.5) is 17.1 Å². The smallest absolute Gasteiger partial charge is 0.144 e. The van der Waals surface area contributed by atoms with Crippen molar-refractivity contribution in [2.45, 2.75) is 0 Å². The van der Waals surface area contributed by atoms with Crippen molar-refractivity contribution in [3.63, 3.8) is 0 Å². The van der Waals surface area contributed by atoms with Crippen molar-refractivity contribution in [1.29, 1.82) is 0 Å². The van der Waals surface area contributed by atoms with Gasteiger partial charge in [-0.3, -0.25) is 0 Å². The maximum Gasteiger partial charge on any atom is 0.144 e. The molecule has 3 N–H and O–H groups in total. The molecule has 20 heavy (non-hydrogen) atoms. The van der Waals surface area contributed by atoms with Gasteiger partial charge in [0.2, 0.25) is 0 Å². The van der Waals surface area contributed by atoms with Gasteiger partial charge in [0.25, 0.3) is 0 Å². The fourth-order valence-electron chi connectivity index (χ4n) is 1.74. The Balaban J connectivity index is 2.44. The number of hydrogen-bond donors (Lipinski definition) is 2. The number of nitrogen functional groups attached to an aromatic ring is 1. The summed E-state index contributed by atoms with van der Waals surface area (Å²) in [5.41, 5.74) is 8.06. The zero-order chi connectivity index (χ0) is 14.7. The van der Waals surface area contributed by atoms with Crippen molar-refractivity contribution in [3.8, 4) is 11.5 Å². The fraction of sp³-hybridized carbons (Fsp3) is 0.143. The van der Waals surface area contributed by atoms with Gasteiger partial charge in [0.15, 0.2) is 0 Å². The summed E-state index contributed by atoms with van der Waals surface area (Å²) >= 11 is 9.49. The molecule has 0 atom stereocenters. The van der Waals surface area contributed by atoms with Crippen LogP contribution in [0.5, 0.6) is 11.5 Å². The van der Waals surface area contributed by atoms with Crippen molar-refractivity contribution >= 4 is 44.6 Å². The minimum Gasteiger partial charge on any atom is -0.495 e. The Hall–Kier alpha value is -1.59. The van der Waals surface area contributed by atoms with Gasteiger partial charge in [-0.15, -0.1) is 0 Å². The van der Waals surface area contributed by atoms with Gasteiger partial charge in [-0.1, -0.05) is 27.5 Å². The van der Waals surface area contributed by atoms with Crippen LogP contribution in [0.25, 0.3) is 0 Å². The normalized spacial score (nSPS) is 10.2. The highest BCUT2D eigenvalue weighted by molar-refractivity contribution is 9.10. The third-order valence-electron chi connectivity index (χ3n) is 2.76. The molecule has 6 heteroatoms. The predicted octanol–water partition coefficient (Wildman–Crippen LogP) is 4.45. The molecule has 2 aromatic rings. The average molecular weight is 358 g/mol. The maximum atomic E-state index is 6.07. The summed E-state index contributed by atoms with van der Waals surface area (Å²) in [6.07, 6.45) is 0. The highest BCUT2D eigenvalue weighted by Crippen LogP contribution is 2.38. The molecule has 0 saturated heterocycles. The lowest BCUT2D eigenvalue weighted by molar-refractivity contribution is 0.405. The number of methoxy groups -OCH3 is 2. The summed E-state index contributed by atoms with van der Waals surface area (Å²) in [6.45, 7) is 0. The highest BCUT2D eigenvalue weighted by Gasteiger charge is 2.11. The molecule has 0 aliphatic carbocycles. The van der Waals surface area contributed by atoms with E-state index in [0.717, 1.165) is 15.8 Å². The molecular formula is C14H14BrClN2O2. The lowest BCUT2D eigenvalue weighted by Gasteiger charge is -2.15. The number of halogens is 2. The van der Waals surface area contributed by atoms with Crippen molar-refractivity contribution < 1.29 is 9.47 Å². The molecule has 106 valence electrons. The third-order valence-corrected chi connectivity index (χ3v) is 3.55. The van der Waals surface area contributed by atoms with Crippen LogP contribution in [-0.2, 0) is 0 Å². The van der Waals surface area contributed by atoms with E-state index in [0.29, 0.717) is 22.2 Å². The quantitative estimate of drug-likeness (QED) is 0.794. The van der Waals surface area contributed by atoms with Crippen LogP contribution in [0.1, 0.15) is 0 Å². The van der Waals surface area contributed by atoms with E-state index in [-0.39, 0.29) is 0 Å². The molecule has 0 aromatic heterocycles. The van der Waals surface area contributed by atoms with Gasteiger partial charge in [0.05, 0.1) is 36.3 Å². The van der Waals surface area contributed by atoms with Crippen molar-refractivity contribution in [3.05, 3.63) is 39.8 Å². The molecule has 4 nitrogen and oxygen atoms in total. The van der Waals surface area contributed by atoms with Gasteiger partial charge >= 0.3 is 0 Å². The topological polar surface area (TPSA) is 56.5 Å². The lowest BCUT2D eigenvalue weighted by atomic mass is 10.2. The van der Waals surface area contributed by atoms with Crippen molar-refractivity contribution in [1.82, 2.24) is 0 Å². The molecule has 0 unspecified atom stereocenters. The number of rotatable bonds is 4. The van der Waals surface area contributed by atoms with Gasteiger partial charge in [-0.25, -0.2) is 0 Å². The van der Waals surface area contributed by atoms with E-state index in [1.165, 1.54) is 0 Å². The minimum atomic E-state index is 0.483. The molecule has 0 heterocycles. The summed E-state index contributed by atoms with van der Waals surface area (Å²) < 4.78 is 11.4. The van der Waals surface area contributed by atoms with E-state index in [1.807, 2.05) is 18.2 Å². The van der Waals surface area contributed by atoms with Crippen LogP contribution in [-0.4, -0.2) is 14.2 Å². The molecule has 0 aliphatic heterocycles. The molecule has 0 bridgehead atoms. The van der Waals surface area contributed by atoms with Gasteiger partial charge in [-0.2, -0.15) is 0 Å². The molecule has 0 amide bonds. The summed E-state index contributed by atoms with van der Waals surface area (Å²) in [5, 5.41) is 3.70. The predicted molar refractivity (Wildman–Crippen MR) is 86.4 cm³/mol. The third kappa shape index (κ3) is 3.11. The molecule has 2 rings (SSSR count). The molecule has 0 fully saturated rings. The standard InChI is InChI=1S/C14H14BrClN2O2/c1-19-13-7-12(14(20-2)6-9(13)16)18-11-5-8(15)3-4-10(11)17/h3-7,18H,17H2,1-2H3. The lowest BCUT2D eigenvalue weighted by Crippen LogP contribution is -1.99. The summed E-state index contributed by atoms with van der Waals surface area (Å²) in [6, 6.07) is 9.03. The minimum absolute atomic E-state index is 0.483. The SMILES string of the molecule is COc1cc(Nc2cc(Br)ccc2N)c(OC)cc1Cl. The number of nitrogens with one attached hydrogen (secondary N) is 1. The largest absolute Gasteiger partial charge is 0.495 e. The Labute approximate surface area is 131 Å². The molecule has 0 spiro atoms. The van der Waals surface area contributed by atoms with Crippen LogP contribution in [0.2, 0.25) is 5.02 Å². The number of nitrogens with two attached hydrogens (primary N) is 1. The van der Waals surface area contributed by atoms with E-state index in [4.69, 9.17) is 26.8 Å². The first-order valence-electron chi connectivity index (χ1n) is 5.78. The van der Waals surface area contributed by atoms with Gasteiger partial charge in [0, 0.05) is 16.6 Å². The Bertz CT molecular complexity index is 635. The summed E-state index contributed by atoms with van der Waals surface area (Å²) in [4.78, 5) is 0. The van der Waals surface area contributed by atoms with Crippen LogP contribution in [0.3, 0.4) is 0 Å². The van der Waals surface area contributed by atoms with E-state index in [1.54, 1.807) is 26.4 Å².